The highest BCUT2D eigenvalue weighted by Gasteiger charge is 2.19. The first-order chi connectivity index (χ1) is 11.1. The molecule has 7 nitrogen and oxygen atoms in total. The summed E-state index contributed by atoms with van der Waals surface area (Å²) < 4.78 is 5.53. The van der Waals surface area contributed by atoms with E-state index in [1.54, 1.807) is 0 Å². The highest BCUT2D eigenvalue weighted by atomic mass is 35.5. The van der Waals surface area contributed by atoms with Crippen LogP contribution in [-0.4, -0.2) is 35.6 Å². The van der Waals surface area contributed by atoms with Gasteiger partial charge in [-0.05, 0) is 23.3 Å². The molecule has 0 spiro atoms. The Morgan fingerprint density at radius 1 is 1.52 bits per heavy atom. The van der Waals surface area contributed by atoms with Gasteiger partial charge in [0.05, 0.1) is 25.6 Å². The van der Waals surface area contributed by atoms with Crippen molar-refractivity contribution in [2.24, 2.45) is 5.73 Å². The van der Waals surface area contributed by atoms with Crippen molar-refractivity contribution < 1.29 is 9.53 Å². The van der Waals surface area contributed by atoms with Gasteiger partial charge in [-0.15, -0.1) is 0 Å². The summed E-state index contributed by atoms with van der Waals surface area (Å²) in [7, 11) is 0. The third-order valence-electron chi connectivity index (χ3n) is 3.74. The number of hydrogen-bond acceptors (Lipinski definition) is 5. The van der Waals surface area contributed by atoms with Crippen LogP contribution in [-0.2, 0) is 11.3 Å². The van der Waals surface area contributed by atoms with Gasteiger partial charge >= 0.3 is 0 Å². The number of benzene rings is 1. The van der Waals surface area contributed by atoms with E-state index >= 15 is 0 Å². The normalized spacial score (nSPS) is 17.9. The maximum absolute atomic E-state index is 11.3. The molecule has 1 aromatic carbocycles. The molecule has 2 aromatic rings. The van der Waals surface area contributed by atoms with Gasteiger partial charge in [0.15, 0.2) is 5.82 Å². The monoisotopic (exact) mass is 335 g/mol. The molecule has 1 aromatic heterocycles. The molecule has 0 aliphatic carbocycles. The summed E-state index contributed by atoms with van der Waals surface area (Å²) in [5, 5.41) is 7.23. The molecule has 1 fully saturated rings. The van der Waals surface area contributed by atoms with Crippen molar-refractivity contribution in [3.63, 3.8) is 0 Å². The van der Waals surface area contributed by atoms with Crippen molar-refractivity contribution >= 4 is 23.3 Å². The molecular formula is C15H18ClN5O2. The van der Waals surface area contributed by atoms with Gasteiger partial charge in [0.2, 0.25) is 0 Å². The molecule has 8 heteroatoms. The number of aromatic amines is 1. The second kappa shape index (κ2) is 6.99. The van der Waals surface area contributed by atoms with Crippen molar-refractivity contribution in [3.05, 3.63) is 46.4 Å². The Morgan fingerprint density at radius 2 is 2.39 bits per heavy atom. The summed E-state index contributed by atoms with van der Waals surface area (Å²) in [5.41, 5.74) is 7.69. The number of rotatable bonds is 5. The Balaban J connectivity index is 1.79. The molecule has 122 valence electrons. The van der Waals surface area contributed by atoms with E-state index in [1.807, 2.05) is 18.2 Å². The van der Waals surface area contributed by atoms with Gasteiger partial charge in [0.1, 0.15) is 5.69 Å². The van der Waals surface area contributed by atoms with Crippen molar-refractivity contribution in [3.8, 4) is 0 Å². The number of nitrogens with two attached hydrogens (primary N) is 1. The maximum Gasteiger partial charge on any atom is 0.269 e. The third kappa shape index (κ3) is 3.64. The lowest BCUT2D eigenvalue weighted by Crippen LogP contribution is -2.35. The Morgan fingerprint density at radius 3 is 3.13 bits per heavy atom. The van der Waals surface area contributed by atoms with Crippen LogP contribution in [0.25, 0.3) is 0 Å². The number of morpholine rings is 1. The van der Waals surface area contributed by atoms with Crippen LogP contribution in [0.1, 0.15) is 27.7 Å². The van der Waals surface area contributed by atoms with E-state index in [2.05, 4.69) is 20.6 Å². The van der Waals surface area contributed by atoms with Gasteiger partial charge in [-0.1, -0.05) is 17.7 Å². The van der Waals surface area contributed by atoms with Crippen LogP contribution in [0.2, 0.25) is 5.02 Å². The average molecular weight is 336 g/mol. The number of carbonyl (C=O) groups is 1. The standard InChI is InChI=1S/C15H18ClN5O2/c16-10-2-1-9(11(5-10)12-7-23-4-3-18-12)6-19-15-13(14(17)22)20-8-21-15/h1-2,5,8,12,18-19H,3-4,6-7H2,(H2,17,22)(H,20,21). The number of amides is 1. The predicted molar refractivity (Wildman–Crippen MR) is 87.4 cm³/mol. The summed E-state index contributed by atoms with van der Waals surface area (Å²) in [4.78, 5) is 18.1. The lowest BCUT2D eigenvalue weighted by Gasteiger charge is -2.26. The number of carbonyl (C=O) groups excluding carboxylic acids is 1. The van der Waals surface area contributed by atoms with Crippen molar-refractivity contribution in [1.82, 2.24) is 15.3 Å². The largest absolute Gasteiger partial charge is 0.378 e. The molecule has 0 radical (unpaired) electrons. The topological polar surface area (TPSA) is 105 Å². The van der Waals surface area contributed by atoms with Crippen molar-refractivity contribution in [1.29, 1.82) is 0 Å². The number of nitrogens with zero attached hydrogens (tertiary/aromatic N) is 1. The van der Waals surface area contributed by atoms with Crippen LogP contribution in [0.3, 0.4) is 0 Å². The van der Waals surface area contributed by atoms with E-state index in [9.17, 15) is 4.79 Å². The lowest BCUT2D eigenvalue weighted by molar-refractivity contribution is 0.0766. The number of hydrogen-bond donors (Lipinski definition) is 4. The average Bonchev–Trinajstić information content (AvgIpc) is 3.03. The Bertz CT molecular complexity index is 697. The fourth-order valence-electron chi connectivity index (χ4n) is 2.61. The van der Waals surface area contributed by atoms with E-state index in [0.717, 1.165) is 17.7 Å². The number of ether oxygens (including phenoxy) is 1. The molecule has 5 N–H and O–H groups in total. The van der Waals surface area contributed by atoms with E-state index in [4.69, 9.17) is 22.1 Å². The molecule has 0 bridgehead atoms. The minimum absolute atomic E-state index is 0.0917. The smallest absolute Gasteiger partial charge is 0.269 e. The molecule has 1 amide bonds. The van der Waals surface area contributed by atoms with Crippen LogP contribution < -0.4 is 16.4 Å². The van der Waals surface area contributed by atoms with E-state index in [1.165, 1.54) is 6.33 Å². The maximum atomic E-state index is 11.3. The summed E-state index contributed by atoms with van der Waals surface area (Å²) in [6, 6.07) is 5.82. The molecule has 3 rings (SSSR count). The van der Waals surface area contributed by atoms with Crippen LogP contribution in [0.5, 0.6) is 0 Å². The number of halogens is 1. The van der Waals surface area contributed by atoms with Crippen LogP contribution in [0.15, 0.2) is 24.5 Å². The minimum Gasteiger partial charge on any atom is -0.378 e. The minimum atomic E-state index is -0.552. The molecule has 2 heterocycles. The highest BCUT2D eigenvalue weighted by Crippen LogP contribution is 2.25. The van der Waals surface area contributed by atoms with E-state index < -0.39 is 5.91 Å². The zero-order valence-electron chi connectivity index (χ0n) is 12.4. The molecule has 0 saturated carbocycles. The van der Waals surface area contributed by atoms with Gasteiger partial charge in [0, 0.05) is 18.1 Å². The van der Waals surface area contributed by atoms with Gasteiger partial charge in [-0.2, -0.15) is 0 Å². The Labute approximate surface area is 138 Å². The molecule has 1 saturated heterocycles. The Hall–Kier alpha value is -2.09. The number of aromatic nitrogens is 2. The molecule has 1 aliphatic rings. The zero-order chi connectivity index (χ0) is 16.2. The quantitative estimate of drug-likeness (QED) is 0.661. The second-order valence-corrected chi connectivity index (χ2v) is 5.71. The molecule has 1 atom stereocenters. The predicted octanol–water partition coefficient (Wildman–Crippen LogP) is 1.43. The van der Waals surface area contributed by atoms with Gasteiger partial charge in [0.25, 0.3) is 5.91 Å². The summed E-state index contributed by atoms with van der Waals surface area (Å²) in [5.74, 6) is -0.116. The number of imidazole rings is 1. The van der Waals surface area contributed by atoms with Crippen LogP contribution in [0.4, 0.5) is 5.82 Å². The van der Waals surface area contributed by atoms with Crippen molar-refractivity contribution in [2.45, 2.75) is 12.6 Å². The highest BCUT2D eigenvalue weighted by molar-refractivity contribution is 6.30. The number of primary amides is 1. The van der Waals surface area contributed by atoms with Gasteiger partial charge in [-0.3, -0.25) is 4.79 Å². The molecule has 1 aliphatic heterocycles. The first-order valence-electron chi connectivity index (χ1n) is 7.31. The molecule has 23 heavy (non-hydrogen) atoms. The van der Waals surface area contributed by atoms with E-state index in [0.29, 0.717) is 30.6 Å². The zero-order valence-corrected chi connectivity index (χ0v) is 13.2. The summed E-state index contributed by atoms with van der Waals surface area (Å²) in [6.45, 7) is 2.60. The summed E-state index contributed by atoms with van der Waals surface area (Å²) >= 11 is 6.14. The van der Waals surface area contributed by atoms with Crippen molar-refractivity contribution in [2.75, 3.05) is 25.1 Å². The van der Waals surface area contributed by atoms with Gasteiger partial charge < -0.3 is 26.1 Å². The second-order valence-electron chi connectivity index (χ2n) is 5.27. The SMILES string of the molecule is NC(=O)c1[nH]cnc1NCc1ccc(Cl)cc1C1COCCN1. The third-order valence-corrected chi connectivity index (χ3v) is 3.97. The molecule has 1 unspecified atom stereocenters. The first-order valence-corrected chi connectivity index (χ1v) is 7.69. The van der Waals surface area contributed by atoms with E-state index in [-0.39, 0.29) is 11.7 Å². The van der Waals surface area contributed by atoms with Gasteiger partial charge in [-0.25, -0.2) is 4.98 Å². The van der Waals surface area contributed by atoms with Crippen LogP contribution in [0, 0.1) is 0 Å². The Kier molecular flexibility index (Phi) is 4.80. The lowest BCUT2D eigenvalue weighted by atomic mass is 10.00. The summed E-state index contributed by atoms with van der Waals surface area (Å²) in [6.07, 6.45) is 1.43. The fraction of sp³-hybridized carbons (Fsp3) is 0.333. The number of anilines is 1. The fourth-order valence-corrected chi connectivity index (χ4v) is 2.79. The molecular weight excluding hydrogens is 318 g/mol. The number of H-pyrrole nitrogens is 1. The van der Waals surface area contributed by atoms with Crippen LogP contribution >= 0.6 is 11.6 Å². The number of nitrogens with one attached hydrogen (secondary N) is 3. The first kappa shape index (κ1) is 15.8.